The first kappa shape index (κ1) is 17.8. The van der Waals surface area contributed by atoms with E-state index >= 15 is 0 Å². The van der Waals surface area contributed by atoms with Crippen LogP contribution >= 0.6 is 0 Å². The number of aliphatic hydroxyl groups is 1. The minimum Gasteiger partial charge on any atom is -0.507 e. The van der Waals surface area contributed by atoms with Crippen LogP contribution in [-0.4, -0.2) is 21.7 Å². The van der Waals surface area contributed by atoms with E-state index in [1.807, 2.05) is 0 Å². The van der Waals surface area contributed by atoms with Crippen molar-refractivity contribution in [2.75, 3.05) is 0 Å². The van der Waals surface area contributed by atoms with Gasteiger partial charge in [-0.2, -0.15) is 0 Å². The molecule has 1 amide bonds. The van der Waals surface area contributed by atoms with Crippen LogP contribution in [0.25, 0.3) is 5.76 Å². The summed E-state index contributed by atoms with van der Waals surface area (Å²) in [5, 5.41) is 10.8. The third-order valence-corrected chi connectivity index (χ3v) is 4.70. The highest BCUT2D eigenvalue weighted by Gasteiger charge is 2.47. The molecule has 1 aliphatic rings. The van der Waals surface area contributed by atoms with Crippen LogP contribution in [0.15, 0.2) is 69.4 Å². The van der Waals surface area contributed by atoms with Gasteiger partial charge in [-0.25, -0.2) is 4.39 Å². The molecule has 2 aromatic heterocycles. The molecule has 1 unspecified atom stereocenters. The smallest absolute Gasteiger partial charge is 0.296 e. The van der Waals surface area contributed by atoms with Gasteiger partial charge in [-0.1, -0.05) is 12.1 Å². The van der Waals surface area contributed by atoms with Crippen molar-refractivity contribution >= 4 is 17.4 Å². The topological polar surface area (TPSA) is 83.9 Å². The van der Waals surface area contributed by atoms with Crippen LogP contribution in [0, 0.1) is 12.7 Å². The predicted octanol–water partition coefficient (Wildman–Crippen LogP) is 3.94. The fraction of sp³-hybridized carbons (Fsp3) is 0.143. The van der Waals surface area contributed by atoms with Crippen LogP contribution in [0.4, 0.5) is 4.39 Å². The summed E-state index contributed by atoms with van der Waals surface area (Å²) >= 11 is 0. The van der Waals surface area contributed by atoms with E-state index in [1.165, 1.54) is 29.6 Å². The standard InChI is InChI=1S/C21H16FNO5/c1-12-6-7-13(10-15(12)22)19(24)17-18(16-5-3-9-28-16)23(21(26)20(17)25)11-14-4-2-8-27-14/h2-10,18,24H,11H2,1H3/b19-17-. The quantitative estimate of drug-likeness (QED) is 0.420. The largest absolute Gasteiger partial charge is 0.507 e. The molecule has 1 N–H and O–H groups in total. The van der Waals surface area contributed by atoms with Gasteiger partial charge in [0.1, 0.15) is 29.1 Å². The first-order chi connectivity index (χ1) is 13.5. The van der Waals surface area contributed by atoms with Crippen LogP contribution in [0.2, 0.25) is 0 Å². The maximum Gasteiger partial charge on any atom is 0.296 e. The lowest BCUT2D eigenvalue weighted by molar-refractivity contribution is -0.140. The van der Waals surface area contributed by atoms with Gasteiger partial charge in [0.15, 0.2) is 0 Å². The minimum atomic E-state index is -0.954. The van der Waals surface area contributed by atoms with Crippen molar-refractivity contribution in [2.24, 2.45) is 0 Å². The normalized spacial score (nSPS) is 18.8. The molecule has 0 spiro atoms. The van der Waals surface area contributed by atoms with Gasteiger partial charge in [0.05, 0.1) is 24.6 Å². The molecule has 1 fully saturated rings. The fourth-order valence-corrected chi connectivity index (χ4v) is 3.25. The van der Waals surface area contributed by atoms with E-state index in [9.17, 15) is 19.1 Å². The van der Waals surface area contributed by atoms with Crippen molar-refractivity contribution in [3.8, 4) is 0 Å². The summed E-state index contributed by atoms with van der Waals surface area (Å²) in [5.74, 6) is -1.87. The Morgan fingerprint density at radius 3 is 2.54 bits per heavy atom. The zero-order valence-corrected chi connectivity index (χ0v) is 14.9. The highest BCUT2D eigenvalue weighted by molar-refractivity contribution is 6.46. The van der Waals surface area contributed by atoms with Crippen molar-refractivity contribution in [2.45, 2.75) is 19.5 Å². The van der Waals surface area contributed by atoms with E-state index < -0.39 is 29.3 Å². The summed E-state index contributed by atoms with van der Waals surface area (Å²) in [5.41, 5.74) is 0.350. The van der Waals surface area contributed by atoms with Crippen LogP contribution < -0.4 is 0 Å². The molecule has 4 rings (SSSR count). The number of rotatable bonds is 4. The second kappa shape index (κ2) is 6.84. The highest BCUT2D eigenvalue weighted by atomic mass is 19.1. The van der Waals surface area contributed by atoms with Crippen LogP contribution in [0.5, 0.6) is 0 Å². The van der Waals surface area contributed by atoms with Crippen molar-refractivity contribution in [1.29, 1.82) is 0 Å². The number of likely N-dealkylation sites (tertiary alicyclic amines) is 1. The summed E-state index contributed by atoms with van der Waals surface area (Å²) in [4.78, 5) is 26.7. The second-order valence-electron chi connectivity index (χ2n) is 6.49. The summed E-state index contributed by atoms with van der Waals surface area (Å²) in [6.07, 6.45) is 2.87. The third-order valence-electron chi connectivity index (χ3n) is 4.70. The number of aliphatic hydroxyl groups excluding tert-OH is 1. The molecule has 1 saturated heterocycles. The zero-order chi connectivity index (χ0) is 19.8. The van der Waals surface area contributed by atoms with Crippen molar-refractivity contribution < 1.29 is 27.9 Å². The van der Waals surface area contributed by atoms with Gasteiger partial charge in [0.25, 0.3) is 11.7 Å². The molecular weight excluding hydrogens is 365 g/mol. The second-order valence-corrected chi connectivity index (χ2v) is 6.49. The van der Waals surface area contributed by atoms with Gasteiger partial charge >= 0.3 is 0 Å². The third kappa shape index (κ3) is 2.90. The maximum atomic E-state index is 14.0. The van der Waals surface area contributed by atoms with E-state index in [0.29, 0.717) is 17.1 Å². The van der Waals surface area contributed by atoms with Crippen molar-refractivity contribution in [1.82, 2.24) is 4.90 Å². The number of halogens is 1. The summed E-state index contributed by atoms with van der Waals surface area (Å²) in [6, 6.07) is 9.73. The Kier molecular flexibility index (Phi) is 4.35. The number of nitrogens with zero attached hydrogens (tertiary/aromatic N) is 1. The maximum absolute atomic E-state index is 14.0. The molecule has 3 aromatic rings. The van der Waals surface area contributed by atoms with Gasteiger partial charge in [-0.15, -0.1) is 0 Å². The Hall–Kier alpha value is -3.61. The summed E-state index contributed by atoms with van der Waals surface area (Å²) in [7, 11) is 0. The molecule has 0 bridgehead atoms. The van der Waals surface area contributed by atoms with Gasteiger partial charge in [0.2, 0.25) is 0 Å². The van der Waals surface area contributed by atoms with Crippen molar-refractivity contribution in [3.05, 3.63) is 89.0 Å². The molecule has 0 saturated carbocycles. The average Bonchev–Trinajstić information content (AvgIpc) is 3.42. The number of carbonyl (C=O) groups is 2. The number of aryl methyl sites for hydroxylation is 1. The minimum absolute atomic E-state index is 0.0159. The van der Waals surface area contributed by atoms with Crippen LogP contribution in [0.1, 0.15) is 28.7 Å². The average molecular weight is 381 g/mol. The molecule has 1 atom stereocenters. The van der Waals surface area contributed by atoms with E-state index in [2.05, 4.69) is 0 Å². The van der Waals surface area contributed by atoms with E-state index in [-0.39, 0.29) is 17.7 Å². The predicted molar refractivity (Wildman–Crippen MR) is 96.4 cm³/mol. The number of ketones is 1. The molecule has 3 heterocycles. The summed E-state index contributed by atoms with van der Waals surface area (Å²) < 4.78 is 24.7. The molecule has 6 nitrogen and oxygen atoms in total. The Bertz CT molecular complexity index is 1070. The highest BCUT2D eigenvalue weighted by Crippen LogP contribution is 2.40. The molecule has 0 aliphatic carbocycles. The number of amides is 1. The van der Waals surface area contributed by atoms with Crippen LogP contribution in [0.3, 0.4) is 0 Å². The molecule has 142 valence electrons. The lowest BCUT2D eigenvalue weighted by atomic mass is 9.98. The molecule has 1 aromatic carbocycles. The zero-order valence-electron chi connectivity index (χ0n) is 14.9. The summed E-state index contributed by atoms with van der Waals surface area (Å²) in [6.45, 7) is 1.60. The van der Waals surface area contributed by atoms with E-state index in [0.717, 1.165) is 6.07 Å². The van der Waals surface area contributed by atoms with Crippen LogP contribution in [-0.2, 0) is 16.1 Å². The number of furan rings is 2. The number of benzene rings is 1. The Morgan fingerprint density at radius 1 is 1.14 bits per heavy atom. The number of hydrogen-bond donors (Lipinski definition) is 1. The van der Waals surface area contributed by atoms with Gasteiger partial charge in [0, 0.05) is 5.56 Å². The molecular formula is C21H16FNO5. The number of carbonyl (C=O) groups excluding carboxylic acids is 2. The van der Waals surface area contributed by atoms with Crippen molar-refractivity contribution in [3.63, 3.8) is 0 Å². The van der Waals surface area contributed by atoms with E-state index in [1.54, 1.807) is 31.2 Å². The number of Topliss-reactive ketones (excluding diaryl/α,β-unsaturated/α-hetero) is 1. The fourth-order valence-electron chi connectivity index (χ4n) is 3.25. The Balaban J connectivity index is 1.85. The van der Waals surface area contributed by atoms with Gasteiger partial charge in [-0.3, -0.25) is 9.59 Å². The molecule has 7 heteroatoms. The Morgan fingerprint density at radius 2 is 1.89 bits per heavy atom. The molecule has 0 radical (unpaired) electrons. The number of hydrogen-bond acceptors (Lipinski definition) is 5. The van der Waals surface area contributed by atoms with Gasteiger partial charge in [-0.05, 0) is 42.8 Å². The molecule has 1 aliphatic heterocycles. The lowest BCUT2D eigenvalue weighted by Gasteiger charge is -2.22. The Labute approximate surface area is 159 Å². The van der Waals surface area contributed by atoms with E-state index in [4.69, 9.17) is 8.83 Å². The van der Waals surface area contributed by atoms with Gasteiger partial charge < -0.3 is 18.8 Å². The molecule has 28 heavy (non-hydrogen) atoms. The monoisotopic (exact) mass is 381 g/mol. The lowest BCUT2D eigenvalue weighted by Crippen LogP contribution is -2.28. The first-order valence-electron chi connectivity index (χ1n) is 8.58. The SMILES string of the molecule is Cc1ccc(/C(O)=C2/C(=O)C(=O)N(Cc3ccco3)C2c2ccco2)cc1F. The first-order valence-corrected chi connectivity index (χ1v) is 8.58.